The van der Waals surface area contributed by atoms with Gasteiger partial charge in [-0.05, 0) is 40.5 Å². The number of nitrogens with zero attached hydrogens (tertiary/aromatic N) is 3. The van der Waals surface area contributed by atoms with E-state index in [9.17, 15) is 36.7 Å². The number of amides is 5. The van der Waals surface area contributed by atoms with E-state index in [0.717, 1.165) is 12.1 Å². The number of aromatic nitrogens is 2. The lowest BCUT2D eigenvalue weighted by molar-refractivity contribution is -0.188. The Morgan fingerprint density at radius 3 is 2.51 bits per heavy atom. The number of imide groups is 1. The number of primary amides is 1. The fourth-order valence-corrected chi connectivity index (χ4v) is 5.45. The molecule has 1 aromatic heterocycles. The molecule has 5 amide bonds. The number of hydrogen-bond acceptors (Lipinski definition) is 5. The van der Waals surface area contributed by atoms with Crippen molar-refractivity contribution in [3.8, 4) is 11.1 Å². The summed E-state index contributed by atoms with van der Waals surface area (Å²) >= 11 is 0. The molecule has 0 bridgehead atoms. The molecular weight excluding hydrogens is 579 g/mol. The zero-order valence-corrected chi connectivity index (χ0v) is 22.5. The first kappa shape index (κ1) is 29.7. The molecule has 2 aromatic carbocycles. The normalized spacial score (nSPS) is 21.1. The first-order valence-electron chi connectivity index (χ1n) is 13.1. The summed E-state index contributed by atoms with van der Waals surface area (Å²) < 4.78 is 71.8. The quantitative estimate of drug-likeness (QED) is 0.268. The van der Waals surface area contributed by atoms with Crippen molar-refractivity contribution in [1.82, 2.24) is 25.3 Å². The fourth-order valence-electron chi connectivity index (χ4n) is 5.45. The Bertz CT molecular complexity index is 1610. The number of carbonyl (C=O) groups excluding carboxylic acids is 4. The maximum Gasteiger partial charge on any atom is 0.394 e. The first-order chi connectivity index (χ1) is 20.2. The number of urea groups is 1. The van der Waals surface area contributed by atoms with Crippen LogP contribution >= 0.6 is 0 Å². The summed E-state index contributed by atoms with van der Waals surface area (Å²) in [4.78, 5) is 51.5. The number of nitrogens with one attached hydrogen (secondary N) is 2. The van der Waals surface area contributed by atoms with Gasteiger partial charge in [0.25, 0.3) is 5.91 Å². The van der Waals surface area contributed by atoms with Gasteiger partial charge in [-0.15, -0.1) is 0 Å². The Hall–Kier alpha value is -4.82. The van der Waals surface area contributed by atoms with Crippen LogP contribution in [0.4, 0.5) is 26.7 Å². The standard InChI is InChI=1S/C28H25F5N6O4/c1-14(28(31,32)33)23(24(41)35-10-15-2-5-18(29)6-3-15)39-25(42)27(37-26(39)43)9-21(30)19-8-16(4-7-20(19)27)17-11-36-38(12-17)13-22(34)40/h2-8,11-12,14,21,23H,9-10,13H2,1H3,(H2,34,40)(H,35,41)(H,37,43). The van der Waals surface area contributed by atoms with E-state index in [1.807, 2.05) is 0 Å². The average molecular weight is 605 g/mol. The SMILES string of the molecule is CC(C(C(=O)NCc1ccc(F)cc1)N1C(=O)NC2(CC(F)c3cc(-c4cnn(CC(N)=O)c4)ccc32)C1=O)C(F)(F)F. The zero-order chi connectivity index (χ0) is 31.3. The van der Waals surface area contributed by atoms with Gasteiger partial charge in [0.1, 0.15) is 30.1 Å². The van der Waals surface area contributed by atoms with Crippen molar-refractivity contribution < 1.29 is 41.1 Å². The summed E-state index contributed by atoms with van der Waals surface area (Å²) in [7, 11) is 0. The van der Waals surface area contributed by atoms with Crippen molar-refractivity contribution in [2.24, 2.45) is 11.7 Å². The predicted octanol–water partition coefficient (Wildman–Crippen LogP) is 3.22. The molecule has 1 spiro atoms. The van der Waals surface area contributed by atoms with Gasteiger partial charge < -0.3 is 16.4 Å². The lowest BCUT2D eigenvalue weighted by Crippen LogP contribution is -2.56. The molecule has 2 aliphatic rings. The van der Waals surface area contributed by atoms with Gasteiger partial charge in [-0.2, -0.15) is 18.3 Å². The number of benzene rings is 2. The largest absolute Gasteiger partial charge is 0.394 e. The van der Waals surface area contributed by atoms with E-state index >= 15 is 4.39 Å². The summed E-state index contributed by atoms with van der Waals surface area (Å²) in [6.45, 7) is 0.174. The molecule has 1 saturated heterocycles. The van der Waals surface area contributed by atoms with Crippen molar-refractivity contribution in [2.45, 2.75) is 50.4 Å². The van der Waals surface area contributed by atoms with Gasteiger partial charge in [0.05, 0.1) is 12.1 Å². The molecule has 4 unspecified atom stereocenters. The van der Waals surface area contributed by atoms with Gasteiger partial charge in [0, 0.05) is 24.7 Å². The molecular formula is C28H25F5N6O4. The Morgan fingerprint density at radius 1 is 1.16 bits per heavy atom. The second-order valence-electron chi connectivity index (χ2n) is 10.5. The van der Waals surface area contributed by atoms with E-state index in [2.05, 4.69) is 15.7 Å². The minimum Gasteiger partial charge on any atom is -0.368 e. The number of hydrogen-bond donors (Lipinski definition) is 3. The van der Waals surface area contributed by atoms with Crippen LogP contribution in [0.3, 0.4) is 0 Å². The molecule has 2 heterocycles. The zero-order valence-electron chi connectivity index (χ0n) is 22.5. The van der Waals surface area contributed by atoms with Crippen molar-refractivity contribution in [2.75, 3.05) is 0 Å². The smallest absolute Gasteiger partial charge is 0.368 e. The Morgan fingerprint density at radius 2 is 1.86 bits per heavy atom. The number of rotatable bonds is 8. The molecule has 1 aliphatic carbocycles. The molecule has 15 heteroatoms. The van der Waals surface area contributed by atoms with E-state index < -0.39 is 65.8 Å². The molecule has 0 radical (unpaired) electrons. The van der Waals surface area contributed by atoms with Gasteiger partial charge in [0.15, 0.2) is 0 Å². The van der Waals surface area contributed by atoms with Crippen LogP contribution in [0.5, 0.6) is 0 Å². The van der Waals surface area contributed by atoms with Crippen molar-refractivity contribution in [3.05, 3.63) is 77.4 Å². The van der Waals surface area contributed by atoms with E-state index in [1.165, 1.54) is 47.4 Å². The third-order valence-electron chi connectivity index (χ3n) is 7.66. The van der Waals surface area contributed by atoms with Gasteiger partial charge in [-0.1, -0.05) is 31.2 Å². The summed E-state index contributed by atoms with van der Waals surface area (Å²) in [5.41, 5.74) is 4.53. The van der Waals surface area contributed by atoms with Crippen LogP contribution < -0.4 is 16.4 Å². The number of fused-ring (bicyclic) bond motifs is 2. The van der Waals surface area contributed by atoms with E-state index in [4.69, 9.17) is 5.73 Å². The molecule has 0 saturated carbocycles. The third kappa shape index (κ3) is 5.42. The van der Waals surface area contributed by atoms with Gasteiger partial charge in [0.2, 0.25) is 11.8 Å². The minimum absolute atomic E-state index is 0.0248. The highest BCUT2D eigenvalue weighted by atomic mass is 19.4. The summed E-state index contributed by atoms with van der Waals surface area (Å²) in [6.07, 6.45) is -4.45. The Labute approximate surface area is 241 Å². The molecule has 226 valence electrons. The topological polar surface area (TPSA) is 139 Å². The number of nitrogens with two attached hydrogens (primary N) is 1. The van der Waals surface area contributed by atoms with Crippen molar-refractivity contribution in [1.29, 1.82) is 0 Å². The lowest BCUT2D eigenvalue weighted by Gasteiger charge is -2.31. The molecule has 1 aliphatic heterocycles. The third-order valence-corrected chi connectivity index (χ3v) is 7.66. The molecule has 5 rings (SSSR count). The van der Waals surface area contributed by atoms with Crippen molar-refractivity contribution in [3.63, 3.8) is 0 Å². The summed E-state index contributed by atoms with van der Waals surface area (Å²) in [5, 5.41) is 8.67. The van der Waals surface area contributed by atoms with Crippen LogP contribution in [0.25, 0.3) is 11.1 Å². The highest BCUT2D eigenvalue weighted by Gasteiger charge is 2.62. The molecule has 4 N–H and O–H groups in total. The van der Waals surface area contributed by atoms with Gasteiger partial charge >= 0.3 is 12.2 Å². The lowest BCUT2D eigenvalue weighted by atomic mass is 9.89. The second kappa shape index (κ2) is 10.8. The molecule has 43 heavy (non-hydrogen) atoms. The minimum atomic E-state index is -4.99. The van der Waals surface area contributed by atoms with Crippen molar-refractivity contribution >= 4 is 23.8 Å². The van der Waals surface area contributed by atoms with Crippen LogP contribution in [-0.4, -0.2) is 50.7 Å². The predicted molar refractivity (Wildman–Crippen MR) is 140 cm³/mol. The van der Waals surface area contributed by atoms with Gasteiger partial charge in [-0.3, -0.25) is 19.1 Å². The van der Waals surface area contributed by atoms with Crippen LogP contribution in [0.15, 0.2) is 54.9 Å². The molecule has 3 aromatic rings. The van der Waals surface area contributed by atoms with Crippen LogP contribution in [-0.2, 0) is 33.0 Å². The first-order valence-corrected chi connectivity index (χ1v) is 13.1. The monoisotopic (exact) mass is 604 g/mol. The fraction of sp³-hybridized carbons (Fsp3) is 0.321. The molecule has 1 fully saturated rings. The molecule has 4 atom stereocenters. The Balaban J connectivity index is 1.45. The Kier molecular flexibility index (Phi) is 7.44. The maximum absolute atomic E-state index is 15.5. The highest BCUT2D eigenvalue weighted by molar-refractivity contribution is 6.11. The van der Waals surface area contributed by atoms with Crippen LogP contribution in [0, 0.1) is 11.7 Å². The summed E-state index contributed by atoms with van der Waals surface area (Å²) in [5.74, 6) is -6.13. The van der Waals surface area contributed by atoms with Crippen LogP contribution in [0.1, 0.15) is 36.2 Å². The second-order valence-corrected chi connectivity index (χ2v) is 10.5. The van der Waals surface area contributed by atoms with Gasteiger partial charge in [-0.25, -0.2) is 18.5 Å². The molecule has 10 nitrogen and oxygen atoms in total. The van der Waals surface area contributed by atoms with Crippen LogP contribution in [0.2, 0.25) is 0 Å². The number of alkyl halides is 4. The average Bonchev–Trinajstić information content (AvgIpc) is 3.58. The van der Waals surface area contributed by atoms with E-state index in [1.54, 1.807) is 0 Å². The number of halogens is 5. The highest BCUT2D eigenvalue weighted by Crippen LogP contribution is 2.50. The summed E-state index contributed by atoms with van der Waals surface area (Å²) in [6, 6.07) is 5.55. The number of carbonyl (C=O) groups is 4. The maximum atomic E-state index is 15.5. The van der Waals surface area contributed by atoms with E-state index in [-0.39, 0.29) is 29.1 Å². The van der Waals surface area contributed by atoms with E-state index in [0.29, 0.717) is 23.6 Å².